The van der Waals surface area contributed by atoms with Gasteiger partial charge in [0.15, 0.2) is 11.5 Å². The second-order valence-corrected chi connectivity index (χ2v) is 5.56. The average molecular weight is 328 g/mol. The predicted molar refractivity (Wildman–Crippen MR) is 83.0 cm³/mol. The fraction of sp³-hybridized carbons (Fsp3) is 0.467. The summed E-state index contributed by atoms with van der Waals surface area (Å²) in [4.78, 5) is 0. The number of halogens is 1. The molecule has 1 aromatic carbocycles. The van der Waals surface area contributed by atoms with Crippen LogP contribution in [0.1, 0.15) is 26.3 Å². The number of rotatable bonds is 7. The lowest BCUT2D eigenvalue weighted by Gasteiger charge is -2.17. The number of ether oxygens (including phenoxy) is 2. The summed E-state index contributed by atoms with van der Waals surface area (Å²) in [5, 5.41) is 3.38. The van der Waals surface area contributed by atoms with Crippen molar-refractivity contribution in [3.8, 4) is 11.5 Å². The van der Waals surface area contributed by atoms with Crippen molar-refractivity contribution in [3.63, 3.8) is 0 Å². The summed E-state index contributed by atoms with van der Waals surface area (Å²) < 4.78 is 12.1. The van der Waals surface area contributed by atoms with Crippen LogP contribution >= 0.6 is 15.9 Å². The molecule has 19 heavy (non-hydrogen) atoms. The second kappa shape index (κ2) is 7.56. The van der Waals surface area contributed by atoms with E-state index in [4.69, 9.17) is 9.47 Å². The molecule has 1 rings (SSSR count). The molecule has 106 valence electrons. The zero-order valence-corrected chi connectivity index (χ0v) is 13.6. The fourth-order valence-electron chi connectivity index (χ4n) is 1.55. The van der Waals surface area contributed by atoms with Gasteiger partial charge < -0.3 is 14.8 Å². The Morgan fingerprint density at radius 2 is 2.05 bits per heavy atom. The molecule has 1 aromatic rings. The first kappa shape index (κ1) is 16.1. The standard InChI is InChI=1S/C15H22BrNO2/c1-6-11(4)19-15-13(16)7-12(8-14(15)18-5)9-17-10(2)3/h6-8,10-11,17H,1,9H2,2-5H3. The number of benzene rings is 1. The minimum Gasteiger partial charge on any atom is -0.493 e. The molecule has 0 aromatic heterocycles. The minimum atomic E-state index is -0.0650. The normalized spacial score (nSPS) is 12.3. The molecule has 0 heterocycles. The van der Waals surface area contributed by atoms with Gasteiger partial charge in [-0.2, -0.15) is 0 Å². The van der Waals surface area contributed by atoms with Crippen molar-refractivity contribution in [2.45, 2.75) is 39.5 Å². The van der Waals surface area contributed by atoms with Gasteiger partial charge in [-0.3, -0.25) is 0 Å². The molecule has 0 aliphatic rings. The molecule has 0 radical (unpaired) electrons. The van der Waals surface area contributed by atoms with Crippen LogP contribution in [-0.4, -0.2) is 19.3 Å². The van der Waals surface area contributed by atoms with Gasteiger partial charge in [-0.05, 0) is 40.5 Å². The van der Waals surface area contributed by atoms with Gasteiger partial charge in [-0.15, -0.1) is 0 Å². The first-order valence-corrected chi connectivity index (χ1v) is 7.16. The molecular weight excluding hydrogens is 306 g/mol. The van der Waals surface area contributed by atoms with Crippen LogP contribution in [0.4, 0.5) is 0 Å². The molecular formula is C15H22BrNO2. The van der Waals surface area contributed by atoms with Crippen LogP contribution < -0.4 is 14.8 Å². The monoisotopic (exact) mass is 327 g/mol. The largest absolute Gasteiger partial charge is 0.493 e. The molecule has 0 spiro atoms. The Kier molecular flexibility index (Phi) is 6.38. The van der Waals surface area contributed by atoms with Gasteiger partial charge in [0.1, 0.15) is 6.10 Å². The summed E-state index contributed by atoms with van der Waals surface area (Å²) in [6.45, 7) is 10.7. The fourth-order valence-corrected chi connectivity index (χ4v) is 2.13. The zero-order chi connectivity index (χ0) is 14.4. The van der Waals surface area contributed by atoms with Crippen molar-refractivity contribution in [3.05, 3.63) is 34.8 Å². The maximum absolute atomic E-state index is 5.79. The van der Waals surface area contributed by atoms with Crippen molar-refractivity contribution >= 4 is 15.9 Å². The van der Waals surface area contributed by atoms with E-state index in [1.54, 1.807) is 13.2 Å². The third kappa shape index (κ3) is 4.88. The highest BCUT2D eigenvalue weighted by Crippen LogP contribution is 2.37. The van der Waals surface area contributed by atoms with E-state index in [0.29, 0.717) is 11.8 Å². The minimum absolute atomic E-state index is 0.0650. The van der Waals surface area contributed by atoms with Gasteiger partial charge in [0.2, 0.25) is 0 Å². The summed E-state index contributed by atoms with van der Waals surface area (Å²) in [7, 11) is 1.65. The van der Waals surface area contributed by atoms with E-state index in [0.717, 1.165) is 22.3 Å². The average Bonchev–Trinajstić information content (AvgIpc) is 2.38. The van der Waals surface area contributed by atoms with Gasteiger partial charge in [-0.25, -0.2) is 0 Å². The van der Waals surface area contributed by atoms with Crippen LogP contribution in [0.5, 0.6) is 11.5 Å². The first-order chi connectivity index (χ1) is 8.97. The Morgan fingerprint density at radius 1 is 1.37 bits per heavy atom. The molecule has 4 heteroatoms. The molecule has 0 aliphatic carbocycles. The maximum Gasteiger partial charge on any atom is 0.176 e. The lowest BCUT2D eigenvalue weighted by molar-refractivity contribution is 0.252. The van der Waals surface area contributed by atoms with Crippen molar-refractivity contribution in [1.82, 2.24) is 5.32 Å². The quantitative estimate of drug-likeness (QED) is 0.770. The van der Waals surface area contributed by atoms with E-state index in [1.165, 1.54) is 0 Å². The van der Waals surface area contributed by atoms with E-state index >= 15 is 0 Å². The highest BCUT2D eigenvalue weighted by molar-refractivity contribution is 9.10. The smallest absolute Gasteiger partial charge is 0.176 e. The summed E-state index contributed by atoms with van der Waals surface area (Å²) >= 11 is 3.54. The van der Waals surface area contributed by atoms with Gasteiger partial charge in [0.05, 0.1) is 11.6 Å². The highest BCUT2D eigenvalue weighted by Gasteiger charge is 2.13. The first-order valence-electron chi connectivity index (χ1n) is 6.37. The zero-order valence-electron chi connectivity index (χ0n) is 12.0. The Morgan fingerprint density at radius 3 is 2.58 bits per heavy atom. The topological polar surface area (TPSA) is 30.5 Å². The van der Waals surface area contributed by atoms with Crippen LogP contribution in [-0.2, 0) is 6.54 Å². The summed E-state index contributed by atoms with van der Waals surface area (Å²) in [6.07, 6.45) is 1.69. The predicted octanol–water partition coefficient (Wildman–Crippen LogP) is 3.91. The number of hydrogen-bond donors (Lipinski definition) is 1. The summed E-state index contributed by atoms with van der Waals surface area (Å²) in [5.74, 6) is 1.44. The second-order valence-electron chi connectivity index (χ2n) is 4.70. The SMILES string of the molecule is C=CC(C)Oc1c(Br)cc(CNC(C)C)cc1OC. The Labute approximate surface area is 124 Å². The van der Waals surface area contributed by atoms with Crippen LogP contribution in [0.2, 0.25) is 0 Å². The van der Waals surface area contributed by atoms with Crippen molar-refractivity contribution < 1.29 is 9.47 Å². The van der Waals surface area contributed by atoms with E-state index in [1.807, 2.05) is 19.1 Å². The number of nitrogens with one attached hydrogen (secondary N) is 1. The molecule has 3 nitrogen and oxygen atoms in total. The van der Waals surface area contributed by atoms with Crippen LogP contribution in [0, 0.1) is 0 Å². The van der Waals surface area contributed by atoms with E-state index < -0.39 is 0 Å². The number of methoxy groups -OCH3 is 1. The molecule has 1 unspecified atom stereocenters. The molecule has 0 saturated carbocycles. The molecule has 1 N–H and O–H groups in total. The van der Waals surface area contributed by atoms with Crippen LogP contribution in [0.15, 0.2) is 29.3 Å². The third-order valence-electron chi connectivity index (χ3n) is 2.64. The van der Waals surface area contributed by atoms with E-state index in [-0.39, 0.29) is 6.10 Å². The Hall–Kier alpha value is -1.00. The van der Waals surface area contributed by atoms with Crippen molar-refractivity contribution in [2.75, 3.05) is 7.11 Å². The Bertz CT molecular complexity index is 432. The van der Waals surface area contributed by atoms with Gasteiger partial charge >= 0.3 is 0 Å². The molecule has 0 bridgehead atoms. The molecule has 0 fully saturated rings. The van der Waals surface area contributed by atoms with Gasteiger partial charge in [-0.1, -0.05) is 26.5 Å². The van der Waals surface area contributed by atoms with Gasteiger partial charge in [0.25, 0.3) is 0 Å². The van der Waals surface area contributed by atoms with E-state index in [9.17, 15) is 0 Å². The molecule has 0 saturated heterocycles. The third-order valence-corrected chi connectivity index (χ3v) is 3.23. The lowest BCUT2D eigenvalue weighted by Crippen LogP contribution is -2.21. The molecule has 1 atom stereocenters. The summed E-state index contributed by atoms with van der Waals surface area (Å²) in [6, 6.07) is 4.48. The lowest BCUT2D eigenvalue weighted by atomic mass is 10.2. The number of hydrogen-bond acceptors (Lipinski definition) is 3. The van der Waals surface area contributed by atoms with Gasteiger partial charge in [0, 0.05) is 12.6 Å². The molecule has 0 amide bonds. The molecule has 0 aliphatic heterocycles. The maximum atomic E-state index is 5.79. The van der Waals surface area contributed by atoms with Crippen LogP contribution in [0.3, 0.4) is 0 Å². The highest BCUT2D eigenvalue weighted by atomic mass is 79.9. The van der Waals surface area contributed by atoms with Crippen molar-refractivity contribution in [2.24, 2.45) is 0 Å². The van der Waals surface area contributed by atoms with Crippen molar-refractivity contribution in [1.29, 1.82) is 0 Å². The van der Waals surface area contributed by atoms with Crippen LogP contribution in [0.25, 0.3) is 0 Å². The summed E-state index contributed by atoms with van der Waals surface area (Å²) in [5.41, 5.74) is 1.15. The Balaban J connectivity index is 2.97. The van der Waals surface area contributed by atoms with E-state index in [2.05, 4.69) is 41.7 Å².